The Morgan fingerprint density at radius 1 is 1.17 bits per heavy atom. The van der Waals surface area contributed by atoms with E-state index in [0.717, 1.165) is 4.90 Å². The van der Waals surface area contributed by atoms with Crippen LogP contribution in [0.1, 0.15) is 0 Å². The van der Waals surface area contributed by atoms with Gasteiger partial charge in [0.05, 0.1) is 17.1 Å². The van der Waals surface area contributed by atoms with Crippen molar-refractivity contribution >= 4 is 34.8 Å². The Kier molecular flexibility index (Phi) is 3.39. The molecular weight excluding hydrogens is 252 g/mol. The molecule has 0 unspecified atom stereocenters. The summed E-state index contributed by atoms with van der Waals surface area (Å²) in [5, 5.41) is 9.75. The standard InChI is InChI=1S/C13H11ClN2O2/c14-9-6-7-11(15)12(8-9)16(13(17)18)10-4-2-1-3-5-10/h1-8H,15H2,(H,17,18). The summed E-state index contributed by atoms with van der Waals surface area (Å²) in [4.78, 5) is 12.5. The molecule has 0 aromatic heterocycles. The number of nitrogens with two attached hydrogens (primary N) is 1. The number of para-hydroxylation sites is 1. The molecule has 4 nitrogen and oxygen atoms in total. The van der Waals surface area contributed by atoms with Gasteiger partial charge in [0.1, 0.15) is 0 Å². The third-order valence-electron chi connectivity index (χ3n) is 2.44. The van der Waals surface area contributed by atoms with E-state index in [1.54, 1.807) is 36.4 Å². The largest absolute Gasteiger partial charge is 0.464 e. The molecule has 0 saturated heterocycles. The third-order valence-corrected chi connectivity index (χ3v) is 2.67. The summed E-state index contributed by atoms with van der Waals surface area (Å²) >= 11 is 5.88. The molecule has 2 aromatic rings. The Hall–Kier alpha value is -2.20. The van der Waals surface area contributed by atoms with Crippen molar-refractivity contribution in [3.63, 3.8) is 0 Å². The van der Waals surface area contributed by atoms with Gasteiger partial charge in [0.2, 0.25) is 0 Å². The molecule has 0 radical (unpaired) electrons. The zero-order chi connectivity index (χ0) is 13.1. The third kappa shape index (κ3) is 2.38. The normalized spacial score (nSPS) is 10.1. The van der Waals surface area contributed by atoms with Gasteiger partial charge in [0.25, 0.3) is 0 Å². The second-order valence-corrected chi connectivity index (χ2v) is 4.09. The number of carboxylic acid groups (broad SMARTS) is 1. The number of benzene rings is 2. The maximum absolute atomic E-state index is 11.4. The first-order valence-electron chi connectivity index (χ1n) is 5.22. The van der Waals surface area contributed by atoms with E-state index in [1.165, 1.54) is 6.07 Å². The smallest absolute Gasteiger partial charge is 0.416 e. The molecule has 5 heteroatoms. The van der Waals surface area contributed by atoms with Crippen LogP contribution in [0.4, 0.5) is 21.9 Å². The van der Waals surface area contributed by atoms with E-state index >= 15 is 0 Å². The van der Waals surface area contributed by atoms with Gasteiger partial charge in [-0.1, -0.05) is 29.8 Å². The van der Waals surface area contributed by atoms with Crippen molar-refractivity contribution in [1.29, 1.82) is 0 Å². The minimum absolute atomic E-state index is 0.348. The van der Waals surface area contributed by atoms with Crippen molar-refractivity contribution in [2.45, 2.75) is 0 Å². The Morgan fingerprint density at radius 2 is 1.83 bits per heavy atom. The molecule has 0 spiro atoms. The van der Waals surface area contributed by atoms with Crippen molar-refractivity contribution in [3.05, 3.63) is 53.6 Å². The van der Waals surface area contributed by atoms with Gasteiger partial charge >= 0.3 is 6.09 Å². The monoisotopic (exact) mass is 262 g/mol. The minimum atomic E-state index is -1.12. The van der Waals surface area contributed by atoms with Gasteiger partial charge in [-0.15, -0.1) is 0 Å². The topological polar surface area (TPSA) is 66.6 Å². The first-order chi connectivity index (χ1) is 8.59. The Bertz CT molecular complexity index is 572. The number of hydrogen-bond donors (Lipinski definition) is 2. The Balaban J connectivity index is 2.55. The van der Waals surface area contributed by atoms with E-state index in [-0.39, 0.29) is 0 Å². The molecule has 0 heterocycles. The van der Waals surface area contributed by atoms with E-state index in [4.69, 9.17) is 17.3 Å². The number of hydrogen-bond acceptors (Lipinski definition) is 2. The van der Waals surface area contributed by atoms with Crippen LogP contribution >= 0.6 is 11.6 Å². The van der Waals surface area contributed by atoms with Crippen LogP contribution in [-0.4, -0.2) is 11.2 Å². The molecule has 2 rings (SSSR count). The number of nitrogens with zero attached hydrogens (tertiary/aromatic N) is 1. The first-order valence-corrected chi connectivity index (χ1v) is 5.60. The van der Waals surface area contributed by atoms with Crippen LogP contribution in [0.25, 0.3) is 0 Å². The van der Waals surface area contributed by atoms with E-state index in [0.29, 0.717) is 22.1 Å². The molecule has 0 saturated carbocycles. The van der Waals surface area contributed by atoms with Gasteiger partial charge in [-0.3, -0.25) is 0 Å². The fourth-order valence-electron chi connectivity index (χ4n) is 1.64. The predicted molar refractivity (Wildman–Crippen MR) is 72.5 cm³/mol. The average molecular weight is 263 g/mol. The molecule has 0 fully saturated rings. The van der Waals surface area contributed by atoms with Crippen LogP contribution in [0.15, 0.2) is 48.5 Å². The summed E-state index contributed by atoms with van der Waals surface area (Å²) in [7, 11) is 0. The van der Waals surface area contributed by atoms with Crippen LogP contribution < -0.4 is 10.6 Å². The van der Waals surface area contributed by atoms with Gasteiger partial charge in [0.15, 0.2) is 0 Å². The highest BCUT2D eigenvalue weighted by atomic mass is 35.5. The lowest BCUT2D eigenvalue weighted by Gasteiger charge is -2.21. The maximum Gasteiger partial charge on any atom is 0.416 e. The van der Waals surface area contributed by atoms with Crippen molar-refractivity contribution in [2.75, 3.05) is 10.6 Å². The summed E-state index contributed by atoms with van der Waals surface area (Å²) in [6.45, 7) is 0. The molecule has 3 N–H and O–H groups in total. The van der Waals surface area contributed by atoms with E-state index in [1.807, 2.05) is 6.07 Å². The molecule has 0 aliphatic carbocycles. The van der Waals surface area contributed by atoms with Crippen LogP contribution in [0.2, 0.25) is 5.02 Å². The van der Waals surface area contributed by atoms with Crippen molar-refractivity contribution < 1.29 is 9.90 Å². The quantitative estimate of drug-likeness (QED) is 0.810. The van der Waals surface area contributed by atoms with Gasteiger partial charge in [0, 0.05) is 5.02 Å². The number of rotatable bonds is 2. The highest BCUT2D eigenvalue weighted by Gasteiger charge is 2.19. The summed E-state index contributed by atoms with van der Waals surface area (Å²) < 4.78 is 0. The summed E-state index contributed by atoms with van der Waals surface area (Å²) in [6, 6.07) is 13.4. The molecular formula is C13H11ClN2O2. The zero-order valence-corrected chi connectivity index (χ0v) is 10.1. The molecule has 1 amide bonds. The molecule has 0 aliphatic heterocycles. The lowest BCUT2D eigenvalue weighted by molar-refractivity contribution is 0.205. The van der Waals surface area contributed by atoms with Crippen LogP contribution in [0.5, 0.6) is 0 Å². The number of carbonyl (C=O) groups is 1. The Labute approximate surface area is 109 Å². The highest BCUT2D eigenvalue weighted by molar-refractivity contribution is 6.31. The van der Waals surface area contributed by atoms with E-state index in [2.05, 4.69) is 0 Å². The van der Waals surface area contributed by atoms with Gasteiger partial charge in [-0.25, -0.2) is 9.69 Å². The van der Waals surface area contributed by atoms with Crippen molar-refractivity contribution in [3.8, 4) is 0 Å². The zero-order valence-electron chi connectivity index (χ0n) is 9.38. The fraction of sp³-hybridized carbons (Fsp3) is 0. The number of anilines is 3. The van der Waals surface area contributed by atoms with Crippen LogP contribution in [-0.2, 0) is 0 Å². The number of nitrogen functional groups attached to an aromatic ring is 1. The molecule has 0 aliphatic rings. The summed E-state index contributed by atoms with van der Waals surface area (Å²) in [5.41, 5.74) is 7.02. The van der Waals surface area contributed by atoms with Gasteiger partial charge in [-0.2, -0.15) is 0 Å². The lowest BCUT2D eigenvalue weighted by Crippen LogP contribution is -2.24. The molecule has 0 atom stereocenters. The second-order valence-electron chi connectivity index (χ2n) is 3.66. The Morgan fingerprint density at radius 3 is 2.44 bits per heavy atom. The predicted octanol–water partition coefficient (Wildman–Crippen LogP) is 3.74. The number of halogens is 1. The van der Waals surface area contributed by atoms with Crippen molar-refractivity contribution in [1.82, 2.24) is 0 Å². The number of amides is 1. The molecule has 2 aromatic carbocycles. The maximum atomic E-state index is 11.4. The molecule has 0 bridgehead atoms. The highest BCUT2D eigenvalue weighted by Crippen LogP contribution is 2.32. The van der Waals surface area contributed by atoms with E-state index in [9.17, 15) is 9.90 Å². The fourth-order valence-corrected chi connectivity index (χ4v) is 1.81. The molecule has 18 heavy (non-hydrogen) atoms. The van der Waals surface area contributed by atoms with Crippen LogP contribution in [0, 0.1) is 0 Å². The summed E-state index contributed by atoms with van der Waals surface area (Å²) in [5.74, 6) is 0. The first kappa shape index (κ1) is 12.3. The average Bonchev–Trinajstić information content (AvgIpc) is 2.35. The van der Waals surface area contributed by atoms with Gasteiger partial charge < -0.3 is 10.8 Å². The van der Waals surface area contributed by atoms with Crippen LogP contribution in [0.3, 0.4) is 0 Å². The second kappa shape index (κ2) is 4.98. The van der Waals surface area contributed by atoms with Gasteiger partial charge in [-0.05, 0) is 30.3 Å². The SMILES string of the molecule is Nc1ccc(Cl)cc1N(C(=O)O)c1ccccc1. The minimum Gasteiger partial charge on any atom is -0.464 e. The van der Waals surface area contributed by atoms with E-state index < -0.39 is 6.09 Å². The van der Waals surface area contributed by atoms with Crippen molar-refractivity contribution in [2.24, 2.45) is 0 Å². The lowest BCUT2D eigenvalue weighted by atomic mass is 10.2. The molecule has 92 valence electrons. The summed E-state index contributed by atoms with van der Waals surface area (Å²) in [6.07, 6.45) is -1.12.